The third-order valence-corrected chi connectivity index (χ3v) is 4.03. The number of nitrogens with one attached hydrogen (secondary N) is 1. The van der Waals surface area contributed by atoms with Crippen LogP contribution in [0.3, 0.4) is 0 Å². The minimum Gasteiger partial charge on any atom is -0.396 e. The third kappa shape index (κ3) is 2.92. The topological polar surface area (TPSA) is 58.3 Å². The molecule has 0 aromatic rings. The van der Waals surface area contributed by atoms with Crippen molar-refractivity contribution in [1.82, 2.24) is 5.32 Å². The predicted molar refractivity (Wildman–Crippen MR) is 63.7 cm³/mol. The maximum atomic E-state index is 8.99. The molecule has 3 atom stereocenters. The van der Waals surface area contributed by atoms with E-state index in [0.717, 1.165) is 19.4 Å². The zero-order valence-electron chi connectivity index (χ0n) is 10.1. The third-order valence-electron chi connectivity index (χ3n) is 4.03. The lowest BCUT2D eigenvalue weighted by Crippen LogP contribution is -2.56. The Balaban J connectivity index is 2.58. The van der Waals surface area contributed by atoms with Crippen molar-refractivity contribution in [2.45, 2.75) is 57.5 Å². The lowest BCUT2D eigenvalue weighted by Gasteiger charge is -2.37. The summed E-state index contributed by atoms with van der Waals surface area (Å²) in [6.45, 7) is 5.44. The first-order chi connectivity index (χ1) is 7.18. The predicted octanol–water partition coefficient (Wildman–Crippen LogP) is 1.25. The molecule has 1 saturated carbocycles. The normalized spacial score (nSPS) is 33.2. The molecule has 0 bridgehead atoms. The summed E-state index contributed by atoms with van der Waals surface area (Å²) in [4.78, 5) is 0. The van der Waals surface area contributed by atoms with Crippen molar-refractivity contribution in [1.29, 1.82) is 0 Å². The summed E-state index contributed by atoms with van der Waals surface area (Å²) in [5, 5.41) is 12.7. The molecule has 4 N–H and O–H groups in total. The summed E-state index contributed by atoms with van der Waals surface area (Å²) in [5.74, 6) is 0.662. The number of hydrogen-bond donors (Lipinski definition) is 3. The van der Waals surface area contributed by atoms with Gasteiger partial charge >= 0.3 is 0 Å². The van der Waals surface area contributed by atoms with Crippen LogP contribution in [0.5, 0.6) is 0 Å². The summed E-state index contributed by atoms with van der Waals surface area (Å²) in [5.41, 5.74) is 6.07. The molecule has 3 unspecified atom stereocenters. The van der Waals surface area contributed by atoms with Crippen molar-refractivity contribution < 1.29 is 5.11 Å². The fourth-order valence-electron chi connectivity index (χ4n) is 2.76. The van der Waals surface area contributed by atoms with Crippen LogP contribution in [-0.4, -0.2) is 29.8 Å². The highest BCUT2D eigenvalue weighted by Crippen LogP contribution is 2.35. The van der Waals surface area contributed by atoms with E-state index in [-0.39, 0.29) is 12.1 Å². The van der Waals surface area contributed by atoms with Crippen LogP contribution in [0.25, 0.3) is 0 Å². The van der Waals surface area contributed by atoms with Gasteiger partial charge in [0.05, 0.1) is 0 Å². The molecule has 0 aliphatic heterocycles. The van der Waals surface area contributed by atoms with Crippen LogP contribution in [0.2, 0.25) is 0 Å². The number of aliphatic hydroxyl groups is 1. The molecular formula is C12H26N2O. The van der Waals surface area contributed by atoms with Gasteiger partial charge in [-0.25, -0.2) is 0 Å². The molecular weight excluding hydrogens is 188 g/mol. The van der Waals surface area contributed by atoms with Gasteiger partial charge in [-0.2, -0.15) is 0 Å². The van der Waals surface area contributed by atoms with E-state index in [1.54, 1.807) is 0 Å². The van der Waals surface area contributed by atoms with Crippen molar-refractivity contribution in [3.8, 4) is 0 Å². The fourth-order valence-corrected chi connectivity index (χ4v) is 2.76. The summed E-state index contributed by atoms with van der Waals surface area (Å²) in [6.07, 6.45) is 5.65. The Morgan fingerprint density at radius 2 is 2.33 bits per heavy atom. The van der Waals surface area contributed by atoms with Crippen LogP contribution in [0.4, 0.5) is 0 Å². The first-order valence-corrected chi connectivity index (χ1v) is 6.27. The Bertz CT molecular complexity index is 186. The molecule has 1 rings (SSSR count). The Labute approximate surface area is 93.4 Å². The van der Waals surface area contributed by atoms with E-state index in [9.17, 15) is 0 Å². The van der Waals surface area contributed by atoms with Crippen molar-refractivity contribution in [2.75, 3.05) is 13.2 Å². The minimum atomic E-state index is 0.135. The second-order valence-electron chi connectivity index (χ2n) is 4.92. The van der Waals surface area contributed by atoms with Gasteiger partial charge < -0.3 is 16.2 Å². The Morgan fingerprint density at radius 3 is 2.73 bits per heavy atom. The summed E-state index contributed by atoms with van der Waals surface area (Å²) >= 11 is 0. The molecule has 0 spiro atoms. The number of aliphatic hydroxyl groups excluding tert-OH is 1. The summed E-state index contributed by atoms with van der Waals surface area (Å²) in [7, 11) is 0. The van der Waals surface area contributed by atoms with Crippen molar-refractivity contribution in [3.63, 3.8) is 0 Å². The van der Waals surface area contributed by atoms with Crippen LogP contribution < -0.4 is 11.1 Å². The molecule has 3 heteroatoms. The molecule has 0 saturated heterocycles. The standard InChI is InChI=1S/C12H26N2O/c1-3-11(6-8-15)14-12(9-13)7-4-5-10(12)2/h10-11,14-15H,3-9,13H2,1-2H3. The second kappa shape index (κ2) is 5.83. The highest BCUT2D eigenvalue weighted by atomic mass is 16.3. The van der Waals surface area contributed by atoms with E-state index >= 15 is 0 Å². The van der Waals surface area contributed by atoms with Gasteiger partial charge in [0.15, 0.2) is 0 Å². The van der Waals surface area contributed by atoms with Crippen molar-refractivity contribution >= 4 is 0 Å². The van der Waals surface area contributed by atoms with Gasteiger partial charge in [-0.3, -0.25) is 0 Å². The first kappa shape index (κ1) is 12.9. The molecule has 0 aromatic carbocycles. The summed E-state index contributed by atoms with van der Waals surface area (Å²) < 4.78 is 0. The van der Waals surface area contributed by atoms with E-state index in [1.165, 1.54) is 19.3 Å². The SMILES string of the molecule is CCC(CCO)NC1(CN)CCCC1C. The molecule has 0 heterocycles. The largest absolute Gasteiger partial charge is 0.396 e. The smallest absolute Gasteiger partial charge is 0.0445 e. The van der Waals surface area contributed by atoms with Gasteiger partial charge in [0.1, 0.15) is 0 Å². The molecule has 1 aliphatic carbocycles. The van der Waals surface area contributed by atoms with E-state index in [2.05, 4.69) is 19.2 Å². The van der Waals surface area contributed by atoms with E-state index in [4.69, 9.17) is 10.8 Å². The first-order valence-electron chi connectivity index (χ1n) is 6.27. The van der Waals surface area contributed by atoms with Crippen molar-refractivity contribution in [3.05, 3.63) is 0 Å². The van der Waals surface area contributed by atoms with E-state index < -0.39 is 0 Å². The zero-order valence-corrected chi connectivity index (χ0v) is 10.1. The molecule has 15 heavy (non-hydrogen) atoms. The van der Waals surface area contributed by atoms with Gasteiger partial charge in [-0.05, 0) is 31.6 Å². The molecule has 1 aliphatic rings. The van der Waals surface area contributed by atoms with Gasteiger partial charge in [0, 0.05) is 24.7 Å². The Morgan fingerprint density at radius 1 is 1.60 bits per heavy atom. The fraction of sp³-hybridized carbons (Fsp3) is 1.00. The average Bonchev–Trinajstić information content (AvgIpc) is 2.60. The van der Waals surface area contributed by atoms with Crippen LogP contribution in [-0.2, 0) is 0 Å². The zero-order chi connectivity index (χ0) is 11.3. The lowest BCUT2D eigenvalue weighted by molar-refractivity contribution is 0.199. The van der Waals surface area contributed by atoms with Gasteiger partial charge in [-0.15, -0.1) is 0 Å². The monoisotopic (exact) mass is 214 g/mol. The van der Waals surface area contributed by atoms with Crippen LogP contribution in [0.1, 0.15) is 46.0 Å². The Hall–Kier alpha value is -0.120. The molecule has 0 radical (unpaired) electrons. The molecule has 1 fully saturated rings. The molecule has 0 aromatic heterocycles. The number of hydrogen-bond acceptors (Lipinski definition) is 3. The van der Waals surface area contributed by atoms with E-state index in [1.807, 2.05) is 0 Å². The summed E-state index contributed by atoms with van der Waals surface area (Å²) in [6, 6.07) is 0.416. The van der Waals surface area contributed by atoms with Crippen LogP contribution in [0, 0.1) is 5.92 Å². The maximum absolute atomic E-state index is 8.99. The van der Waals surface area contributed by atoms with Gasteiger partial charge in [-0.1, -0.05) is 20.3 Å². The average molecular weight is 214 g/mol. The number of nitrogens with two attached hydrogens (primary N) is 1. The highest BCUT2D eigenvalue weighted by molar-refractivity contribution is 4.99. The van der Waals surface area contributed by atoms with Gasteiger partial charge in [0.25, 0.3) is 0 Å². The molecule has 90 valence electrons. The van der Waals surface area contributed by atoms with E-state index in [0.29, 0.717) is 12.0 Å². The Kier molecular flexibility index (Phi) is 5.03. The second-order valence-corrected chi connectivity index (χ2v) is 4.92. The molecule has 3 nitrogen and oxygen atoms in total. The van der Waals surface area contributed by atoms with Crippen LogP contribution in [0.15, 0.2) is 0 Å². The highest BCUT2D eigenvalue weighted by Gasteiger charge is 2.39. The maximum Gasteiger partial charge on any atom is 0.0445 e. The van der Waals surface area contributed by atoms with Crippen LogP contribution >= 0.6 is 0 Å². The quantitative estimate of drug-likeness (QED) is 0.624. The van der Waals surface area contributed by atoms with Gasteiger partial charge in [0.2, 0.25) is 0 Å². The molecule has 0 amide bonds. The minimum absolute atomic E-state index is 0.135. The van der Waals surface area contributed by atoms with Crippen molar-refractivity contribution in [2.24, 2.45) is 11.7 Å². The lowest BCUT2D eigenvalue weighted by atomic mass is 9.87. The number of rotatable bonds is 6.